The van der Waals surface area contributed by atoms with Crippen LogP contribution in [0.4, 0.5) is 10.3 Å². The van der Waals surface area contributed by atoms with Gasteiger partial charge in [0.2, 0.25) is 5.95 Å². The van der Waals surface area contributed by atoms with Crippen molar-refractivity contribution in [2.45, 2.75) is 38.8 Å². The molecule has 3 rings (SSSR count). The van der Waals surface area contributed by atoms with E-state index >= 15 is 0 Å². The van der Waals surface area contributed by atoms with Crippen LogP contribution in [0.25, 0.3) is 11.0 Å². The first-order valence-electron chi connectivity index (χ1n) is 7.18. The van der Waals surface area contributed by atoms with Crippen molar-refractivity contribution in [2.24, 2.45) is 0 Å². The van der Waals surface area contributed by atoms with Crippen molar-refractivity contribution in [3.05, 3.63) is 23.5 Å². The maximum atomic E-state index is 13.6. The summed E-state index contributed by atoms with van der Waals surface area (Å²) in [6.07, 6.45) is 3.70. The van der Waals surface area contributed by atoms with E-state index in [0.717, 1.165) is 18.6 Å². The molecule has 2 aromatic rings. The van der Waals surface area contributed by atoms with Gasteiger partial charge in [0.15, 0.2) is 0 Å². The predicted molar refractivity (Wildman–Crippen MR) is 79.1 cm³/mol. The van der Waals surface area contributed by atoms with Crippen LogP contribution in [-0.4, -0.2) is 34.1 Å². The monoisotopic (exact) mass is 276 g/mol. The minimum Gasteiger partial charge on any atom is -0.369 e. The molecule has 1 aromatic carbocycles. The van der Waals surface area contributed by atoms with Crippen LogP contribution in [0.15, 0.2) is 12.1 Å². The SMILES string of the molecule is Cc1cc2c(cc1F)nc(N)n2CC1CCCCN1C. The third-order valence-electron chi connectivity index (χ3n) is 4.37. The number of nitrogen functional groups attached to an aromatic ring is 1. The van der Waals surface area contributed by atoms with Gasteiger partial charge in [0.05, 0.1) is 11.0 Å². The number of aromatic nitrogens is 2. The Labute approximate surface area is 118 Å². The van der Waals surface area contributed by atoms with Gasteiger partial charge in [0.1, 0.15) is 5.82 Å². The van der Waals surface area contributed by atoms with Gasteiger partial charge in [0, 0.05) is 18.7 Å². The number of halogens is 1. The molecule has 0 amide bonds. The quantitative estimate of drug-likeness (QED) is 0.917. The molecule has 0 radical (unpaired) electrons. The third kappa shape index (κ3) is 2.26. The van der Waals surface area contributed by atoms with Crippen molar-refractivity contribution in [1.82, 2.24) is 14.5 Å². The Balaban J connectivity index is 1.98. The van der Waals surface area contributed by atoms with Crippen LogP contribution in [0.3, 0.4) is 0 Å². The van der Waals surface area contributed by atoms with Crippen LogP contribution in [0.1, 0.15) is 24.8 Å². The number of likely N-dealkylation sites (N-methyl/N-ethyl adjacent to an activating group) is 1. The van der Waals surface area contributed by atoms with Crippen LogP contribution in [0.2, 0.25) is 0 Å². The fourth-order valence-corrected chi connectivity index (χ4v) is 3.05. The largest absolute Gasteiger partial charge is 0.369 e. The number of nitrogens with two attached hydrogens (primary N) is 1. The van der Waals surface area contributed by atoms with E-state index in [-0.39, 0.29) is 5.82 Å². The van der Waals surface area contributed by atoms with E-state index in [1.54, 1.807) is 6.92 Å². The Hall–Kier alpha value is -1.62. The third-order valence-corrected chi connectivity index (χ3v) is 4.37. The molecule has 0 bridgehead atoms. The van der Waals surface area contributed by atoms with Crippen molar-refractivity contribution >= 4 is 17.0 Å². The average Bonchev–Trinajstić information content (AvgIpc) is 2.69. The van der Waals surface area contributed by atoms with Gasteiger partial charge in [-0.25, -0.2) is 9.37 Å². The van der Waals surface area contributed by atoms with Crippen molar-refractivity contribution in [3.8, 4) is 0 Å². The number of likely N-dealkylation sites (tertiary alicyclic amines) is 1. The molecule has 0 saturated carbocycles. The van der Waals surface area contributed by atoms with Gasteiger partial charge in [-0.2, -0.15) is 0 Å². The highest BCUT2D eigenvalue weighted by Crippen LogP contribution is 2.24. The number of nitrogens with zero attached hydrogens (tertiary/aromatic N) is 3. The first-order chi connectivity index (χ1) is 9.56. The van der Waals surface area contributed by atoms with E-state index in [2.05, 4.69) is 16.9 Å². The molecule has 1 aliphatic heterocycles. The summed E-state index contributed by atoms with van der Waals surface area (Å²) < 4.78 is 15.6. The zero-order chi connectivity index (χ0) is 14.3. The first kappa shape index (κ1) is 13.4. The second-order valence-corrected chi connectivity index (χ2v) is 5.80. The van der Waals surface area contributed by atoms with Gasteiger partial charge in [0.25, 0.3) is 0 Å². The zero-order valence-corrected chi connectivity index (χ0v) is 12.1. The second-order valence-electron chi connectivity index (χ2n) is 5.80. The molecule has 4 nitrogen and oxygen atoms in total. The van der Waals surface area contributed by atoms with E-state index < -0.39 is 0 Å². The fraction of sp³-hybridized carbons (Fsp3) is 0.533. The lowest BCUT2D eigenvalue weighted by Gasteiger charge is -2.32. The molecule has 0 aliphatic carbocycles. The Morgan fingerprint density at radius 2 is 2.20 bits per heavy atom. The van der Waals surface area contributed by atoms with E-state index in [0.29, 0.717) is 23.1 Å². The first-order valence-corrected chi connectivity index (χ1v) is 7.18. The Morgan fingerprint density at radius 1 is 1.40 bits per heavy atom. The molecule has 108 valence electrons. The highest BCUT2D eigenvalue weighted by atomic mass is 19.1. The molecule has 1 aliphatic rings. The van der Waals surface area contributed by atoms with E-state index in [1.807, 2.05) is 10.6 Å². The van der Waals surface area contributed by atoms with Crippen LogP contribution in [0.5, 0.6) is 0 Å². The van der Waals surface area contributed by atoms with Crippen molar-refractivity contribution < 1.29 is 4.39 Å². The molecule has 1 atom stereocenters. The number of aryl methyl sites for hydroxylation is 1. The summed E-state index contributed by atoms with van der Waals surface area (Å²) in [4.78, 5) is 6.67. The second kappa shape index (κ2) is 5.05. The molecular formula is C15H21FN4. The van der Waals surface area contributed by atoms with Crippen LogP contribution < -0.4 is 5.73 Å². The van der Waals surface area contributed by atoms with Crippen molar-refractivity contribution in [3.63, 3.8) is 0 Å². The Kier molecular flexibility index (Phi) is 3.38. The average molecular weight is 276 g/mol. The number of benzene rings is 1. The number of piperidine rings is 1. The lowest BCUT2D eigenvalue weighted by atomic mass is 10.0. The predicted octanol–water partition coefficient (Wildman–Crippen LogP) is 2.55. The minimum atomic E-state index is -0.225. The number of hydrogen-bond donors (Lipinski definition) is 1. The lowest BCUT2D eigenvalue weighted by molar-refractivity contribution is 0.169. The summed E-state index contributed by atoms with van der Waals surface area (Å²) in [7, 11) is 2.16. The summed E-state index contributed by atoms with van der Waals surface area (Å²) in [5.74, 6) is 0.251. The molecule has 1 aromatic heterocycles. The summed E-state index contributed by atoms with van der Waals surface area (Å²) >= 11 is 0. The highest BCUT2D eigenvalue weighted by molar-refractivity contribution is 5.79. The van der Waals surface area contributed by atoms with Crippen molar-refractivity contribution in [2.75, 3.05) is 19.3 Å². The summed E-state index contributed by atoms with van der Waals surface area (Å²) in [5, 5.41) is 0. The van der Waals surface area contributed by atoms with Crippen LogP contribution in [0, 0.1) is 12.7 Å². The number of anilines is 1. The van der Waals surface area contributed by atoms with E-state index in [4.69, 9.17) is 5.73 Å². The van der Waals surface area contributed by atoms with E-state index in [1.165, 1.54) is 25.3 Å². The summed E-state index contributed by atoms with van der Waals surface area (Å²) in [6, 6.07) is 3.80. The van der Waals surface area contributed by atoms with Gasteiger partial charge in [-0.15, -0.1) is 0 Å². The fourth-order valence-electron chi connectivity index (χ4n) is 3.05. The Bertz CT molecular complexity index is 634. The highest BCUT2D eigenvalue weighted by Gasteiger charge is 2.21. The minimum absolute atomic E-state index is 0.225. The molecule has 2 heterocycles. The van der Waals surface area contributed by atoms with Crippen LogP contribution >= 0.6 is 0 Å². The number of imidazole rings is 1. The van der Waals surface area contributed by atoms with E-state index in [9.17, 15) is 4.39 Å². The van der Waals surface area contributed by atoms with Crippen LogP contribution in [-0.2, 0) is 6.54 Å². The topological polar surface area (TPSA) is 47.1 Å². The molecule has 1 saturated heterocycles. The number of hydrogen-bond acceptors (Lipinski definition) is 3. The van der Waals surface area contributed by atoms with Gasteiger partial charge in [-0.1, -0.05) is 6.42 Å². The molecule has 20 heavy (non-hydrogen) atoms. The standard InChI is InChI=1S/C15H21FN4/c1-10-7-14-13(8-12(10)16)18-15(17)20(14)9-11-5-3-4-6-19(11)2/h7-8,11H,3-6,9H2,1-2H3,(H2,17,18). The van der Waals surface area contributed by atoms with Gasteiger partial charge in [-0.3, -0.25) is 0 Å². The lowest BCUT2D eigenvalue weighted by Crippen LogP contribution is -2.39. The van der Waals surface area contributed by atoms with Gasteiger partial charge in [-0.05, 0) is 45.0 Å². The summed E-state index contributed by atoms with van der Waals surface area (Å²) in [5.41, 5.74) is 8.24. The molecule has 5 heteroatoms. The normalized spacial score (nSPS) is 20.6. The Morgan fingerprint density at radius 3 is 2.95 bits per heavy atom. The molecule has 1 fully saturated rings. The molecule has 0 spiro atoms. The molecule has 1 unspecified atom stereocenters. The maximum Gasteiger partial charge on any atom is 0.201 e. The number of fused-ring (bicyclic) bond motifs is 1. The van der Waals surface area contributed by atoms with Crippen molar-refractivity contribution in [1.29, 1.82) is 0 Å². The maximum absolute atomic E-state index is 13.6. The zero-order valence-electron chi connectivity index (χ0n) is 12.1. The number of rotatable bonds is 2. The summed E-state index contributed by atoms with van der Waals surface area (Å²) in [6.45, 7) is 3.73. The van der Waals surface area contributed by atoms with Gasteiger partial charge < -0.3 is 15.2 Å². The smallest absolute Gasteiger partial charge is 0.201 e. The molecular weight excluding hydrogens is 255 g/mol. The molecule has 2 N–H and O–H groups in total. The van der Waals surface area contributed by atoms with Gasteiger partial charge >= 0.3 is 0 Å².